The summed E-state index contributed by atoms with van der Waals surface area (Å²) in [4.78, 5) is 3.83. The first-order valence-electron chi connectivity index (χ1n) is 8.96. The fourth-order valence-corrected chi connectivity index (χ4v) is 5.04. The molecule has 8 nitrogen and oxygen atoms in total. The van der Waals surface area contributed by atoms with Gasteiger partial charge in [-0.05, 0) is 29.8 Å². The standard InChI is InChI=1S/C18H16ClF3N6O2S.ClH/c19-14-6-10(25-17-26-16(23)27-28-17)5-13(18(20,21)22)15(14)9-1-3-11(4-2-9)31(29,30)12-7-24-8-12;/h1-6,12,24H,7-8H2,(H4,23,25,26,27,28);1H. The number of rotatable bonds is 5. The van der Waals surface area contributed by atoms with E-state index in [1.54, 1.807) is 0 Å². The van der Waals surface area contributed by atoms with Crippen LogP contribution < -0.4 is 16.4 Å². The van der Waals surface area contributed by atoms with Gasteiger partial charge in [0.1, 0.15) is 0 Å². The zero-order chi connectivity index (χ0) is 22.4. The molecule has 3 aromatic rings. The molecule has 1 aromatic heterocycles. The molecule has 14 heteroatoms. The lowest BCUT2D eigenvalue weighted by Crippen LogP contribution is -2.51. The van der Waals surface area contributed by atoms with Gasteiger partial charge >= 0.3 is 6.18 Å². The predicted octanol–water partition coefficient (Wildman–Crippen LogP) is 3.64. The zero-order valence-corrected chi connectivity index (χ0v) is 18.5. The zero-order valence-electron chi connectivity index (χ0n) is 16.1. The smallest absolute Gasteiger partial charge is 0.368 e. The minimum absolute atomic E-state index is 0. The minimum Gasteiger partial charge on any atom is -0.368 e. The van der Waals surface area contributed by atoms with Gasteiger partial charge in [-0.2, -0.15) is 18.2 Å². The Morgan fingerprint density at radius 1 is 1.16 bits per heavy atom. The first kappa shape index (κ1) is 24.1. The maximum atomic E-state index is 13.8. The number of halogens is 5. The molecule has 0 radical (unpaired) electrons. The highest BCUT2D eigenvalue weighted by molar-refractivity contribution is 7.92. The van der Waals surface area contributed by atoms with Gasteiger partial charge in [0, 0.05) is 24.3 Å². The van der Waals surface area contributed by atoms with Crippen molar-refractivity contribution in [1.29, 1.82) is 0 Å². The number of nitrogens with zero attached hydrogens (tertiary/aromatic N) is 2. The summed E-state index contributed by atoms with van der Waals surface area (Å²) in [6.45, 7) is 0.693. The molecule has 0 unspecified atom stereocenters. The third-order valence-corrected chi connectivity index (χ3v) is 7.25. The van der Waals surface area contributed by atoms with Crippen molar-refractivity contribution in [3.8, 4) is 11.1 Å². The van der Waals surface area contributed by atoms with Crippen LogP contribution in [0.4, 0.5) is 30.8 Å². The molecule has 0 spiro atoms. The van der Waals surface area contributed by atoms with E-state index < -0.39 is 26.8 Å². The minimum atomic E-state index is -4.73. The number of alkyl halides is 3. The van der Waals surface area contributed by atoms with Gasteiger partial charge in [-0.1, -0.05) is 23.7 Å². The number of aromatic nitrogens is 3. The second-order valence-electron chi connectivity index (χ2n) is 6.90. The number of hydrogen-bond acceptors (Lipinski definition) is 7. The van der Waals surface area contributed by atoms with Crippen LogP contribution in [0.1, 0.15) is 5.56 Å². The van der Waals surface area contributed by atoms with E-state index in [1.165, 1.54) is 30.3 Å². The molecule has 0 saturated carbocycles. The van der Waals surface area contributed by atoms with E-state index in [4.69, 9.17) is 17.3 Å². The molecule has 0 bridgehead atoms. The Balaban J connectivity index is 0.00000289. The molecule has 4 rings (SSSR count). The summed E-state index contributed by atoms with van der Waals surface area (Å²) in [6.07, 6.45) is -4.73. The van der Waals surface area contributed by atoms with E-state index in [2.05, 4.69) is 25.8 Å². The molecule has 172 valence electrons. The van der Waals surface area contributed by atoms with Crippen molar-refractivity contribution in [2.45, 2.75) is 16.3 Å². The van der Waals surface area contributed by atoms with Crippen LogP contribution in [0.15, 0.2) is 41.3 Å². The number of nitrogens with two attached hydrogens (primary N) is 1. The molecule has 0 aliphatic carbocycles. The summed E-state index contributed by atoms with van der Waals surface area (Å²) >= 11 is 6.22. The quantitative estimate of drug-likeness (QED) is 0.414. The molecular formula is C18H17Cl2F3N6O2S. The van der Waals surface area contributed by atoms with E-state index in [9.17, 15) is 21.6 Å². The van der Waals surface area contributed by atoms with E-state index in [0.29, 0.717) is 13.1 Å². The first-order chi connectivity index (χ1) is 14.6. The third-order valence-electron chi connectivity index (χ3n) is 4.81. The van der Waals surface area contributed by atoms with Gasteiger partial charge in [0.05, 0.1) is 20.7 Å². The lowest BCUT2D eigenvalue weighted by atomic mass is 9.98. The van der Waals surface area contributed by atoms with Crippen LogP contribution in [0.5, 0.6) is 0 Å². The maximum absolute atomic E-state index is 13.8. The Morgan fingerprint density at radius 2 is 1.81 bits per heavy atom. The number of H-pyrrole nitrogens is 1. The third kappa shape index (κ3) is 4.63. The molecule has 1 fully saturated rings. The second-order valence-corrected chi connectivity index (χ2v) is 9.53. The van der Waals surface area contributed by atoms with Crippen LogP contribution in [0, 0.1) is 0 Å². The van der Waals surface area contributed by atoms with Gasteiger partial charge in [-0.15, -0.1) is 17.5 Å². The number of sulfone groups is 1. The lowest BCUT2D eigenvalue weighted by molar-refractivity contribution is -0.137. The molecule has 1 saturated heterocycles. The van der Waals surface area contributed by atoms with E-state index in [-0.39, 0.29) is 51.0 Å². The normalized spacial score (nSPS) is 14.5. The molecule has 0 amide bonds. The topological polar surface area (TPSA) is 126 Å². The Morgan fingerprint density at radius 3 is 2.31 bits per heavy atom. The van der Waals surface area contributed by atoms with Crippen molar-refractivity contribution < 1.29 is 21.6 Å². The van der Waals surface area contributed by atoms with Crippen molar-refractivity contribution in [3.63, 3.8) is 0 Å². The highest BCUT2D eigenvalue weighted by atomic mass is 35.5. The van der Waals surface area contributed by atoms with Crippen molar-refractivity contribution >= 4 is 51.4 Å². The summed E-state index contributed by atoms with van der Waals surface area (Å²) < 4.78 is 66.4. The number of nitrogens with one attached hydrogen (secondary N) is 3. The van der Waals surface area contributed by atoms with Gasteiger partial charge in [0.25, 0.3) is 0 Å². The Kier molecular flexibility index (Phi) is 6.61. The van der Waals surface area contributed by atoms with Gasteiger partial charge < -0.3 is 16.4 Å². The Bertz CT molecular complexity index is 1230. The second kappa shape index (κ2) is 8.77. The van der Waals surface area contributed by atoms with Gasteiger partial charge in [0.2, 0.25) is 11.9 Å². The molecule has 0 atom stereocenters. The van der Waals surface area contributed by atoms with Crippen molar-refractivity contribution in [3.05, 3.63) is 47.0 Å². The van der Waals surface area contributed by atoms with Crippen LogP contribution in [-0.2, 0) is 16.0 Å². The number of nitrogen functional groups attached to an aromatic ring is 1. The number of aromatic amines is 1. The van der Waals surface area contributed by atoms with Crippen LogP contribution in [0.2, 0.25) is 5.02 Å². The van der Waals surface area contributed by atoms with Crippen LogP contribution in [0.3, 0.4) is 0 Å². The summed E-state index contributed by atoms with van der Waals surface area (Å²) in [5.74, 6) is -0.0246. The Hall–Kier alpha value is -2.54. The van der Waals surface area contributed by atoms with E-state index >= 15 is 0 Å². The van der Waals surface area contributed by atoms with Gasteiger partial charge in [0.15, 0.2) is 9.84 Å². The van der Waals surface area contributed by atoms with E-state index in [1.807, 2.05) is 0 Å². The fourth-order valence-electron chi connectivity index (χ4n) is 3.14. The summed E-state index contributed by atoms with van der Waals surface area (Å²) in [5.41, 5.74) is 4.30. The number of anilines is 3. The molecule has 2 aromatic carbocycles. The van der Waals surface area contributed by atoms with Crippen molar-refractivity contribution in [2.24, 2.45) is 0 Å². The average molecular weight is 509 g/mol. The van der Waals surface area contributed by atoms with Crippen molar-refractivity contribution in [1.82, 2.24) is 20.5 Å². The average Bonchev–Trinajstić information content (AvgIpc) is 3.03. The highest BCUT2D eigenvalue weighted by Crippen LogP contribution is 2.43. The number of hydrogen-bond donors (Lipinski definition) is 4. The molecule has 1 aliphatic rings. The Labute approximate surface area is 192 Å². The van der Waals surface area contributed by atoms with Gasteiger partial charge in [-0.25, -0.2) is 13.5 Å². The maximum Gasteiger partial charge on any atom is 0.417 e. The SMILES string of the molecule is Cl.Nc1nc(Nc2cc(Cl)c(-c3ccc(S(=O)(=O)C4CNC4)cc3)c(C(F)(F)F)c2)n[nH]1. The molecular weight excluding hydrogens is 492 g/mol. The predicted molar refractivity (Wildman–Crippen MR) is 117 cm³/mol. The molecule has 32 heavy (non-hydrogen) atoms. The van der Waals surface area contributed by atoms with Gasteiger partial charge in [-0.3, -0.25) is 0 Å². The summed E-state index contributed by atoms with van der Waals surface area (Å²) in [7, 11) is -3.54. The van der Waals surface area contributed by atoms with Crippen LogP contribution in [0.25, 0.3) is 11.1 Å². The lowest BCUT2D eigenvalue weighted by Gasteiger charge is -2.26. The van der Waals surface area contributed by atoms with E-state index in [0.717, 1.165) is 6.07 Å². The first-order valence-corrected chi connectivity index (χ1v) is 10.9. The summed E-state index contributed by atoms with van der Waals surface area (Å²) in [5, 5.41) is 10.9. The number of benzene rings is 2. The highest BCUT2D eigenvalue weighted by Gasteiger charge is 2.36. The van der Waals surface area contributed by atoms with Crippen molar-refractivity contribution in [2.75, 3.05) is 24.1 Å². The molecule has 5 N–H and O–H groups in total. The summed E-state index contributed by atoms with van der Waals surface area (Å²) in [6, 6.07) is 7.39. The van der Waals surface area contributed by atoms with Crippen LogP contribution in [-0.4, -0.2) is 41.9 Å². The monoisotopic (exact) mass is 508 g/mol. The fraction of sp³-hybridized carbons (Fsp3) is 0.222. The molecule has 1 aliphatic heterocycles. The van der Waals surface area contributed by atoms with Crippen LogP contribution >= 0.6 is 24.0 Å². The molecule has 2 heterocycles. The largest absolute Gasteiger partial charge is 0.417 e.